The van der Waals surface area contributed by atoms with Crippen LogP contribution in [0, 0.1) is 6.92 Å². The monoisotopic (exact) mass is 352 g/mol. The van der Waals surface area contributed by atoms with Gasteiger partial charge in [-0.25, -0.2) is 4.98 Å². The van der Waals surface area contributed by atoms with Crippen molar-refractivity contribution in [1.29, 1.82) is 0 Å². The van der Waals surface area contributed by atoms with Crippen LogP contribution < -0.4 is 4.74 Å². The number of aryl methyl sites for hydroxylation is 1. The summed E-state index contributed by atoms with van der Waals surface area (Å²) in [5.41, 5.74) is 0.395. The lowest BCUT2D eigenvalue weighted by Crippen LogP contribution is -2.29. The highest BCUT2D eigenvalue weighted by molar-refractivity contribution is 6.29. The van der Waals surface area contributed by atoms with Crippen molar-refractivity contribution in [3.63, 3.8) is 0 Å². The minimum atomic E-state index is -1.10. The van der Waals surface area contributed by atoms with Gasteiger partial charge in [0.25, 0.3) is 0 Å². The highest BCUT2D eigenvalue weighted by Crippen LogP contribution is 2.33. The van der Waals surface area contributed by atoms with Crippen molar-refractivity contribution in [2.24, 2.45) is 0 Å². The molecule has 8 heteroatoms. The van der Waals surface area contributed by atoms with Crippen LogP contribution in [0.25, 0.3) is 0 Å². The van der Waals surface area contributed by atoms with E-state index in [-0.39, 0.29) is 11.0 Å². The van der Waals surface area contributed by atoms with Crippen molar-refractivity contribution in [2.75, 3.05) is 14.2 Å². The van der Waals surface area contributed by atoms with Gasteiger partial charge in [-0.15, -0.1) is 0 Å². The van der Waals surface area contributed by atoms with E-state index in [0.29, 0.717) is 17.1 Å². The molecule has 0 fully saturated rings. The molecule has 1 heterocycles. The molecule has 7 nitrogen and oxygen atoms in total. The molecular formula is C16H17ClN2O5. The first-order chi connectivity index (χ1) is 11.5. The number of hydrogen-bond acceptors (Lipinski definition) is 6. The Kier molecular flexibility index (Phi) is 6.08. The molecule has 0 radical (unpaired) electrons. The predicted molar refractivity (Wildman–Crippen MR) is 86.5 cm³/mol. The summed E-state index contributed by atoms with van der Waals surface area (Å²) >= 11 is 5.90. The number of ether oxygens (including phenoxy) is 3. The van der Waals surface area contributed by atoms with Crippen molar-refractivity contribution in [3.8, 4) is 11.6 Å². The minimum Gasteiger partial charge on any atom is -0.481 e. The van der Waals surface area contributed by atoms with Gasteiger partial charge in [-0.05, 0) is 13.0 Å². The Bertz CT molecular complexity index is 701. The number of hydrogen-bond donors (Lipinski definition) is 1. The van der Waals surface area contributed by atoms with Crippen LogP contribution in [0.1, 0.15) is 17.3 Å². The molecule has 0 amide bonds. The summed E-state index contributed by atoms with van der Waals surface area (Å²) in [4.78, 5) is 19.8. The van der Waals surface area contributed by atoms with Crippen LogP contribution in [0.15, 0.2) is 30.3 Å². The maximum Gasteiger partial charge on any atom is 0.316 e. The van der Waals surface area contributed by atoms with Crippen molar-refractivity contribution < 1.29 is 24.1 Å². The van der Waals surface area contributed by atoms with E-state index in [9.17, 15) is 9.90 Å². The zero-order chi connectivity index (χ0) is 17.7. The lowest BCUT2D eigenvalue weighted by Gasteiger charge is -2.23. The molecule has 1 aromatic heterocycles. The quantitative estimate of drug-likeness (QED) is 0.605. The van der Waals surface area contributed by atoms with Crippen molar-refractivity contribution in [1.82, 2.24) is 9.97 Å². The third kappa shape index (κ3) is 4.19. The summed E-state index contributed by atoms with van der Waals surface area (Å²) in [6, 6.07) is 8.15. The van der Waals surface area contributed by atoms with E-state index < -0.39 is 18.2 Å². The Labute approximate surface area is 144 Å². The van der Waals surface area contributed by atoms with Gasteiger partial charge in [-0.3, -0.25) is 4.79 Å². The van der Waals surface area contributed by atoms with Gasteiger partial charge >= 0.3 is 5.97 Å². The Balaban J connectivity index is 2.43. The van der Waals surface area contributed by atoms with Gasteiger partial charge in [0.2, 0.25) is 5.88 Å². The third-order valence-electron chi connectivity index (χ3n) is 3.25. The molecule has 0 spiro atoms. The van der Waals surface area contributed by atoms with E-state index in [0.717, 1.165) is 0 Å². The molecule has 0 aliphatic carbocycles. The van der Waals surface area contributed by atoms with Crippen molar-refractivity contribution in [2.45, 2.75) is 19.1 Å². The standard InChI is InChI=1S/C16H17ClN2O5/c1-9-18-12(17)8-13(19-9)24-11-7-5-4-6-10(11)14(15(20)21)16(22-2)23-3/h4-8,14,16H,1-3H3,(H,20,21). The van der Waals surface area contributed by atoms with Crippen LogP contribution in [-0.2, 0) is 14.3 Å². The Morgan fingerprint density at radius 3 is 2.46 bits per heavy atom. The maximum absolute atomic E-state index is 11.7. The molecule has 2 rings (SSSR count). The summed E-state index contributed by atoms with van der Waals surface area (Å²) in [5, 5.41) is 9.81. The number of benzene rings is 1. The molecule has 128 valence electrons. The van der Waals surface area contributed by atoms with Gasteiger partial charge in [-0.2, -0.15) is 4.98 Å². The molecule has 1 N–H and O–H groups in total. The first-order valence-corrected chi connectivity index (χ1v) is 7.40. The molecule has 24 heavy (non-hydrogen) atoms. The number of aromatic nitrogens is 2. The molecule has 1 aromatic carbocycles. The van der Waals surface area contributed by atoms with Gasteiger partial charge in [0.05, 0.1) is 0 Å². The lowest BCUT2D eigenvalue weighted by atomic mass is 9.97. The summed E-state index contributed by atoms with van der Waals surface area (Å²) in [7, 11) is 2.75. The number of para-hydroxylation sites is 1. The Morgan fingerprint density at radius 1 is 1.21 bits per heavy atom. The smallest absolute Gasteiger partial charge is 0.316 e. The van der Waals surface area contributed by atoms with Crippen LogP contribution in [0.5, 0.6) is 11.6 Å². The van der Waals surface area contributed by atoms with E-state index in [2.05, 4.69) is 9.97 Å². The average molecular weight is 353 g/mol. The number of halogens is 1. The van der Waals surface area contributed by atoms with Crippen LogP contribution in [0.4, 0.5) is 0 Å². The molecule has 1 atom stereocenters. The highest BCUT2D eigenvalue weighted by atomic mass is 35.5. The number of carbonyl (C=O) groups is 1. The van der Waals surface area contributed by atoms with Crippen LogP contribution in [0.3, 0.4) is 0 Å². The fraction of sp³-hybridized carbons (Fsp3) is 0.312. The summed E-state index contributed by atoms with van der Waals surface area (Å²) in [5.74, 6) is -1.20. The fourth-order valence-corrected chi connectivity index (χ4v) is 2.48. The zero-order valence-electron chi connectivity index (χ0n) is 13.4. The molecule has 0 aliphatic heterocycles. The van der Waals surface area contributed by atoms with E-state index in [1.807, 2.05) is 0 Å². The molecule has 0 bridgehead atoms. The lowest BCUT2D eigenvalue weighted by molar-refractivity contribution is -0.160. The van der Waals surface area contributed by atoms with Gasteiger partial charge in [-0.1, -0.05) is 29.8 Å². The first kappa shape index (κ1) is 18.1. The number of carboxylic acid groups (broad SMARTS) is 1. The summed E-state index contributed by atoms with van der Waals surface area (Å²) in [6.45, 7) is 1.68. The van der Waals surface area contributed by atoms with Crippen molar-refractivity contribution >= 4 is 17.6 Å². The van der Waals surface area contributed by atoms with E-state index in [1.54, 1.807) is 31.2 Å². The molecule has 0 aliphatic rings. The number of rotatable bonds is 7. The number of carboxylic acids is 1. The van der Waals surface area contributed by atoms with Crippen LogP contribution in [-0.4, -0.2) is 41.6 Å². The molecular weight excluding hydrogens is 336 g/mol. The molecule has 0 saturated carbocycles. The second kappa shape index (κ2) is 8.05. The SMILES string of the molecule is COC(OC)C(C(=O)O)c1ccccc1Oc1cc(Cl)nc(C)n1. The Hall–Kier alpha value is -2.22. The van der Waals surface area contributed by atoms with Gasteiger partial charge < -0.3 is 19.3 Å². The zero-order valence-corrected chi connectivity index (χ0v) is 14.1. The largest absolute Gasteiger partial charge is 0.481 e. The fourth-order valence-electron chi connectivity index (χ4n) is 2.27. The van der Waals surface area contributed by atoms with E-state index in [1.165, 1.54) is 20.3 Å². The summed E-state index contributed by atoms with van der Waals surface area (Å²) < 4.78 is 16.0. The molecule has 0 saturated heterocycles. The minimum absolute atomic E-state index is 0.218. The molecule has 2 aromatic rings. The third-order valence-corrected chi connectivity index (χ3v) is 3.45. The highest BCUT2D eigenvalue weighted by Gasteiger charge is 2.32. The molecule has 1 unspecified atom stereocenters. The summed E-state index contributed by atoms with van der Waals surface area (Å²) in [6.07, 6.45) is -0.969. The van der Waals surface area contributed by atoms with E-state index >= 15 is 0 Å². The van der Waals surface area contributed by atoms with Crippen molar-refractivity contribution in [3.05, 3.63) is 46.9 Å². The number of aliphatic carboxylic acids is 1. The number of methoxy groups -OCH3 is 2. The number of nitrogens with zero attached hydrogens (tertiary/aromatic N) is 2. The first-order valence-electron chi connectivity index (χ1n) is 7.02. The second-order valence-corrected chi connectivity index (χ2v) is 5.26. The van der Waals surface area contributed by atoms with Gasteiger partial charge in [0, 0.05) is 25.8 Å². The average Bonchev–Trinajstić information content (AvgIpc) is 2.52. The van der Waals surface area contributed by atoms with Crippen LogP contribution in [0.2, 0.25) is 5.15 Å². The Morgan fingerprint density at radius 2 is 1.88 bits per heavy atom. The van der Waals surface area contributed by atoms with Crippen LogP contribution >= 0.6 is 11.6 Å². The second-order valence-electron chi connectivity index (χ2n) is 4.87. The normalized spacial score (nSPS) is 12.2. The van der Waals surface area contributed by atoms with Gasteiger partial charge in [0.15, 0.2) is 6.29 Å². The van der Waals surface area contributed by atoms with E-state index in [4.69, 9.17) is 25.8 Å². The van der Waals surface area contributed by atoms with Gasteiger partial charge in [0.1, 0.15) is 22.6 Å². The predicted octanol–water partition coefficient (Wildman–Crippen LogP) is 3.02. The maximum atomic E-state index is 11.7. The topological polar surface area (TPSA) is 90.8 Å².